The fraction of sp³-hybridized carbons (Fsp3) is 0.238. The van der Waals surface area contributed by atoms with E-state index in [9.17, 15) is 14.7 Å². The van der Waals surface area contributed by atoms with Crippen LogP contribution in [0.25, 0.3) is 5.57 Å². The van der Waals surface area contributed by atoms with Gasteiger partial charge >= 0.3 is 0 Å². The molecule has 1 N–H and O–H groups in total. The van der Waals surface area contributed by atoms with E-state index >= 15 is 9.59 Å². The Balaban J connectivity index is 1.33. The van der Waals surface area contributed by atoms with Crippen molar-refractivity contribution in [2.45, 2.75) is 24.2 Å². The van der Waals surface area contributed by atoms with Gasteiger partial charge in [0.1, 0.15) is 12.4 Å². The van der Waals surface area contributed by atoms with Crippen molar-refractivity contribution in [3.63, 3.8) is 0 Å². The van der Waals surface area contributed by atoms with Crippen molar-refractivity contribution in [3.05, 3.63) is 147 Å². The summed E-state index contributed by atoms with van der Waals surface area (Å²) in [5.74, 6) is -3.28. The highest BCUT2D eigenvalue weighted by Crippen LogP contribution is 2.63. The summed E-state index contributed by atoms with van der Waals surface area (Å²) >= 11 is 2.20. The molecule has 6 atom stereocenters. The number of Topliss-reactive ketones (excluding diaryl/α,β-unsaturated/α-hetero) is 1. The van der Waals surface area contributed by atoms with Crippen LogP contribution >= 0.6 is 22.6 Å². The molecule has 2 amide bonds. The summed E-state index contributed by atoms with van der Waals surface area (Å²) in [6.07, 6.45) is 4.22. The van der Waals surface area contributed by atoms with Crippen LogP contribution in [0.5, 0.6) is 5.75 Å². The number of aliphatic hydroxyl groups excluding tert-OH is 1. The van der Waals surface area contributed by atoms with Crippen molar-refractivity contribution in [3.8, 4) is 5.75 Å². The fourth-order valence-corrected chi connectivity index (χ4v) is 9.37. The van der Waals surface area contributed by atoms with Crippen LogP contribution < -0.4 is 9.64 Å². The predicted octanol–water partition coefficient (Wildman–Crippen LogP) is 6.69. The number of fused-ring (bicyclic) bond motifs is 4. The summed E-state index contributed by atoms with van der Waals surface area (Å²) in [5, 5.41) is 9.32. The first-order chi connectivity index (χ1) is 24.3. The number of hydrogen-bond donors (Lipinski definition) is 1. The predicted molar refractivity (Wildman–Crippen MR) is 197 cm³/mol. The third kappa shape index (κ3) is 5.02. The second kappa shape index (κ2) is 12.9. The topological polar surface area (TPSA) is 101 Å². The Morgan fingerprint density at radius 3 is 2.16 bits per heavy atom. The number of anilines is 1. The standard InChI is InChI=1S/C42H34INO6/c43-28-13-15-29(16-14-28)44-40(48)32-20-19-31-34(37(32)41(44)49)23-35-39(47)33(25-7-3-1-4-8-25)24-36(46)42(35,27-9-5-2-6-10-27)38(31)26-11-17-30(18-12-26)50-22-21-45/h1-19,24,32,34-35,37-38,45H,20-23H2. The number of nitrogens with zero attached hydrogens (tertiary/aromatic N) is 1. The lowest BCUT2D eigenvalue weighted by atomic mass is 9.44. The lowest BCUT2D eigenvalue weighted by molar-refractivity contribution is -0.135. The Kier molecular flexibility index (Phi) is 8.39. The normalized spacial score (nSPS) is 27.2. The van der Waals surface area contributed by atoms with E-state index in [2.05, 4.69) is 28.7 Å². The van der Waals surface area contributed by atoms with E-state index in [0.717, 1.165) is 20.3 Å². The summed E-state index contributed by atoms with van der Waals surface area (Å²) in [6.45, 7) is 0.0152. The summed E-state index contributed by atoms with van der Waals surface area (Å²) in [7, 11) is 0. The number of rotatable bonds is 7. The molecule has 1 saturated heterocycles. The number of benzene rings is 4. The first kappa shape index (κ1) is 32.5. The minimum absolute atomic E-state index is 0.126. The van der Waals surface area contributed by atoms with E-state index < -0.39 is 35.0 Å². The number of carbonyl (C=O) groups excluding carboxylic acids is 4. The van der Waals surface area contributed by atoms with Crippen LogP contribution in [0.4, 0.5) is 5.69 Å². The highest BCUT2D eigenvalue weighted by molar-refractivity contribution is 14.1. The lowest BCUT2D eigenvalue weighted by Gasteiger charge is -2.55. The average Bonchev–Trinajstić information content (AvgIpc) is 3.41. The molecule has 50 heavy (non-hydrogen) atoms. The number of halogens is 1. The maximum absolute atomic E-state index is 15.1. The molecule has 1 saturated carbocycles. The highest BCUT2D eigenvalue weighted by Gasteiger charge is 2.66. The zero-order chi connectivity index (χ0) is 34.6. The van der Waals surface area contributed by atoms with Gasteiger partial charge in [0.05, 0.1) is 29.5 Å². The monoisotopic (exact) mass is 775 g/mol. The minimum Gasteiger partial charge on any atom is -0.491 e. The van der Waals surface area contributed by atoms with E-state index in [1.807, 2.05) is 97.1 Å². The molecule has 1 aliphatic heterocycles. The molecule has 0 aromatic heterocycles. The molecule has 2 fully saturated rings. The molecule has 0 bridgehead atoms. The van der Waals surface area contributed by atoms with Crippen LogP contribution in [0.2, 0.25) is 0 Å². The molecule has 4 aliphatic rings. The van der Waals surface area contributed by atoms with Crippen LogP contribution in [0.3, 0.4) is 0 Å². The molecule has 4 aromatic carbocycles. The summed E-state index contributed by atoms with van der Waals surface area (Å²) in [5.41, 5.74) is 2.77. The van der Waals surface area contributed by atoms with Crippen molar-refractivity contribution >= 4 is 57.2 Å². The number of aliphatic hydroxyl groups is 1. The van der Waals surface area contributed by atoms with Gasteiger partial charge in [-0.25, -0.2) is 0 Å². The largest absolute Gasteiger partial charge is 0.491 e. The fourth-order valence-electron chi connectivity index (χ4n) is 9.01. The molecule has 1 heterocycles. The summed E-state index contributed by atoms with van der Waals surface area (Å²) in [4.78, 5) is 60.0. The molecule has 8 heteroatoms. The van der Waals surface area contributed by atoms with Crippen LogP contribution in [0, 0.1) is 27.2 Å². The zero-order valence-electron chi connectivity index (χ0n) is 27.1. The molecule has 8 rings (SSSR count). The van der Waals surface area contributed by atoms with Gasteiger partial charge in [-0.15, -0.1) is 0 Å². The van der Waals surface area contributed by atoms with Crippen molar-refractivity contribution in [1.29, 1.82) is 0 Å². The minimum atomic E-state index is -1.29. The first-order valence-electron chi connectivity index (χ1n) is 16.9. The second-order valence-electron chi connectivity index (χ2n) is 13.4. The van der Waals surface area contributed by atoms with E-state index in [1.54, 1.807) is 12.1 Å². The average molecular weight is 776 g/mol. The van der Waals surface area contributed by atoms with Crippen LogP contribution in [-0.2, 0) is 24.6 Å². The number of ketones is 2. The summed E-state index contributed by atoms with van der Waals surface area (Å²) < 4.78 is 6.68. The van der Waals surface area contributed by atoms with Gasteiger partial charge in [-0.3, -0.25) is 24.1 Å². The van der Waals surface area contributed by atoms with Crippen LogP contribution in [0.1, 0.15) is 35.4 Å². The molecule has 4 aromatic rings. The Morgan fingerprint density at radius 1 is 0.800 bits per heavy atom. The van der Waals surface area contributed by atoms with Gasteiger partial charge < -0.3 is 9.84 Å². The summed E-state index contributed by atoms with van der Waals surface area (Å²) in [6, 6.07) is 33.7. The number of imide groups is 1. The van der Waals surface area contributed by atoms with Crippen LogP contribution in [0.15, 0.2) is 127 Å². The third-order valence-electron chi connectivity index (χ3n) is 11.0. The van der Waals surface area contributed by atoms with Gasteiger partial charge in [0.2, 0.25) is 11.8 Å². The molecule has 0 spiro atoms. The van der Waals surface area contributed by atoms with E-state index in [4.69, 9.17) is 4.74 Å². The number of amides is 2. The Hall–Kier alpha value is -4.67. The molecule has 6 unspecified atom stereocenters. The van der Waals surface area contributed by atoms with Crippen molar-refractivity contribution in [1.82, 2.24) is 0 Å². The lowest BCUT2D eigenvalue weighted by Crippen LogP contribution is -2.58. The maximum Gasteiger partial charge on any atom is 0.238 e. The quantitative estimate of drug-likeness (QED) is 0.128. The molecular formula is C42H34INO6. The molecule has 7 nitrogen and oxygen atoms in total. The molecule has 3 aliphatic carbocycles. The van der Waals surface area contributed by atoms with Crippen molar-refractivity contribution in [2.24, 2.45) is 23.7 Å². The first-order valence-corrected chi connectivity index (χ1v) is 18.0. The highest BCUT2D eigenvalue weighted by atomic mass is 127. The van der Waals surface area contributed by atoms with E-state index in [1.165, 1.54) is 11.0 Å². The number of hydrogen-bond acceptors (Lipinski definition) is 6. The van der Waals surface area contributed by atoms with Crippen LogP contribution in [-0.4, -0.2) is 41.7 Å². The van der Waals surface area contributed by atoms with E-state index in [0.29, 0.717) is 29.0 Å². The van der Waals surface area contributed by atoms with Gasteiger partial charge in [-0.05, 0) is 101 Å². The maximum atomic E-state index is 15.1. The van der Waals surface area contributed by atoms with Gasteiger partial charge in [0.25, 0.3) is 0 Å². The SMILES string of the molecule is O=C1C(c2ccccc2)=CC(=O)C2(c3ccccc3)C1CC1C(=CCC3C(=O)N(c4ccc(I)cc4)C(=O)C31)C2c1ccc(OCCO)cc1. The molecule has 0 radical (unpaired) electrons. The zero-order valence-corrected chi connectivity index (χ0v) is 29.2. The van der Waals surface area contributed by atoms with Gasteiger partial charge in [0, 0.05) is 21.0 Å². The van der Waals surface area contributed by atoms with E-state index in [-0.39, 0.29) is 43.0 Å². The smallest absolute Gasteiger partial charge is 0.238 e. The third-order valence-corrected chi connectivity index (χ3v) is 11.8. The number of carbonyl (C=O) groups is 4. The van der Waals surface area contributed by atoms with Gasteiger partial charge in [-0.2, -0.15) is 0 Å². The van der Waals surface area contributed by atoms with Crippen molar-refractivity contribution in [2.75, 3.05) is 18.1 Å². The molecular weight excluding hydrogens is 741 g/mol. The Bertz CT molecular complexity index is 2060. The second-order valence-corrected chi connectivity index (χ2v) is 14.7. The Labute approximate surface area is 303 Å². The number of ether oxygens (including phenoxy) is 1. The van der Waals surface area contributed by atoms with Gasteiger partial charge in [-0.1, -0.05) is 84.4 Å². The Morgan fingerprint density at radius 2 is 1.48 bits per heavy atom. The molecule has 250 valence electrons. The number of allylic oxidation sites excluding steroid dienone is 4. The van der Waals surface area contributed by atoms with Gasteiger partial charge in [0.15, 0.2) is 11.6 Å². The van der Waals surface area contributed by atoms with Crippen molar-refractivity contribution < 1.29 is 29.0 Å².